The van der Waals surface area contributed by atoms with Gasteiger partial charge in [-0.2, -0.15) is 0 Å². The van der Waals surface area contributed by atoms with Gasteiger partial charge in [0.15, 0.2) is 5.16 Å². The molecule has 7 nitrogen and oxygen atoms in total. The molecule has 4 aromatic rings. The lowest BCUT2D eigenvalue weighted by atomic mass is 9.98. The highest BCUT2D eigenvalue weighted by molar-refractivity contribution is 7.99. The standard InChI is InChI=1S/C25H27N5O2S/c1-16-11-13-19(14-12-16)29-23(32)20-9-4-5-10-21(20)30-24(29)26-27-25(30)33-15-22(31)28-17(2)7-6-8-18(28)3/h4-5,9-14,17-18H,6-8,15H2,1-3H3. The van der Waals surface area contributed by atoms with E-state index >= 15 is 0 Å². The minimum absolute atomic E-state index is 0.118. The second kappa shape index (κ2) is 8.67. The van der Waals surface area contributed by atoms with E-state index < -0.39 is 0 Å². The van der Waals surface area contributed by atoms with Crippen molar-refractivity contribution in [1.82, 2.24) is 24.1 Å². The van der Waals surface area contributed by atoms with Crippen LogP contribution in [-0.4, -0.2) is 47.8 Å². The topological polar surface area (TPSA) is 72.5 Å². The predicted octanol–water partition coefficient (Wildman–Crippen LogP) is 4.22. The Balaban J connectivity index is 1.58. The maximum absolute atomic E-state index is 13.4. The molecule has 0 spiro atoms. The van der Waals surface area contributed by atoms with Crippen LogP contribution in [0.4, 0.5) is 0 Å². The largest absolute Gasteiger partial charge is 0.337 e. The highest BCUT2D eigenvalue weighted by Crippen LogP contribution is 2.27. The highest BCUT2D eigenvalue weighted by atomic mass is 32.2. The quantitative estimate of drug-likeness (QED) is 0.426. The van der Waals surface area contributed by atoms with E-state index in [1.165, 1.54) is 11.8 Å². The highest BCUT2D eigenvalue weighted by Gasteiger charge is 2.29. The molecule has 1 amide bonds. The summed E-state index contributed by atoms with van der Waals surface area (Å²) in [5.41, 5.74) is 2.44. The van der Waals surface area contributed by atoms with Gasteiger partial charge in [0.25, 0.3) is 5.56 Å². The molecule has 0 bridgehead atoms. The van der Waals surface area contributed by atoms with Crippen LogP contribution < -0.4 is 5.56 Å². The molecule has 2 unspecified atom stereocenters. The normalized spacial score (nSPS) is 18.8. The third kappa shape index (κ3) is 3.82. The first kappa shape index (κ1) is 21.7. The fourth-order valence-corrected chi connectivity index (χ4v) is 5.62. The Morgan fingerprint density at radius 3 is 2.45 bits per heavy atom. The molecular weight excluding hydrogens is 434 g/mol. The van der Waals surface area contributed by atoms with E-state index in [9.17, 15) is 9.59 Å². The molecule has 0 saturated carbocycles. The summed E-state index contributed by atoms with van der Waals surface area (Å²) in [6, 6.07) is 15.7. The Kier molecular flexibility index (Phi) is 5.70. The van der Waals surface area contributed by atoms with Gasteiger partial charge >= 0.3 is 0 Å². The van der Waals surface area contributed by atoms with Gasteiger partial charge in [-0.1, -0.05) is 41.6 Å². The first-order chi connectivity index (χ1) is 16.0. The molecule has 1 aliphatic heterocycles. The number of amides is 1. The molecular formula is C25H27N5O2S. The molecule has 1 saturated heterocycles. The van der Waals surface area contributed by atoms with Gasteiger partial charge in [0.05, 0.1) is 22.3 Å². The SMILES string of the molecule is Cc1ccc(-n2c(=O)c3ccccc3n3c(SCC(=O)N4C(C)CCCC4C)nnc23)cc1. The summed E-state index contributed by atoms with van der Waals surface area (Å²) >= 11 is 1.37. The van der Waals surface area contributed by atoms with Crippen molar-refractivity contribution in [3.05, 3.63) is 64.4 Å². The van der Waals surface area contributed by atoms with E-state index in [0.717, 1.165) is 36.0 Å². The van der Waals surface area contributed by atoms with Crippen LogP contribution in [0.15, 0.2) is 58.5 Å². The summed E-state index contributed by atoms with van der Waals surface area (Å²) in [6.07, 6.45) is 3.25. The smallest absolute Gasteiger partial charge is 0.267 e. The molecule has 33 heavy (non-hydrogen) atoms. The number of thioether (sulfide) groups is 1. The molecule has 2 atom stereocenters. The Bertz CT molecular complexity index is 1380. The van der Waals surface area contributed by atoms with E-state index in [1.54, 1.807) is 4.57 Å². The van der Waals surface area contributed by atoms with Crippen molar-refractivity contribution >= 4 is 34.3 Å². The first-order valence-corrected chi connectivity index (χ1v) is 12.3. The molecule has 0 aliphatic carbocycles. The van der Waals surface area contributed by atoms with Crippen molar-refractivity contribution in [3.63, 3.8) is 0 Å². The summed E-state index contributed by atoms with van der Waals surface area (Å²) in [4.78, 5) is 28.5. The summed E-state index contributed by atoms with van der Waals surface area (Å²) in [5.74, 6) is 0.845. The molecule has 170 valence electrons. The molecule has 0 radical (unpaired) electrons. The second-order valence-corrected chi connectivity index (χ2v) is 9.77. The number of hydrogen-bond acceptors (Lipinski definition) is 5. The minimum Gasteiger partial charge on any atom is -0.337 e. The zero-order chi connectivity index (χ0) is 23.1. The number of carbonyl (C=O) groups excluding carboxylic acids is 1. The molecule has 3 heterocycles. The number of aryl methyl sites for hydroxylation is 1. The Hall–Kier alpha value is -3.13. The third-order valence-electron chi connectivity index (χ3n) is 6.49. The van der Waals surface area contributed by atoms with Crippen LogP contribution in [0.5, 0.6) is 0 Å². The predicted molar refractivity (Wildman–Crippen MR) is 131 cm³/mol. The lowest BCUT2D eigenvalue weighted by molar-refractivity contribution is -0.134. The molecule has 1 fully saturated rings. The van der Waals surface area contributed by atoms with Gasteiger partial charge in [-0.05, 0) is 64.3 Å². The van der Waals surface area contributed by atoms with Gasteiger partial charge in [0, 0.05) is 12.1 Å². The van der Waals surface area contributed by atoms with Gasteiger partial charge in [0.2, 0.25) is 11.7 Å². The monoisotopic (exact) mass is 461 g/mol. The molecule has 2 aromatic carbocycles. The zero-order valence-electron chi connectivity index (χ0n) is 19.1. The van der Waals surface area contributed by atoms with Gasteiger partial charge in [-0.3, -0.25) is 14.0 Å². The van der Waals surface area contributed by atoms with Gasteiger partial charge in [0.1, 0.15) is 0 Å². The van der Waals surface area contributed by atoms with Gasteiger partial charge in [-0.15, -0.1) is 10.2 Å². The lowest BCUT2D eigenvalue weighted by Crippen LogP contribution is -2.48. The van der Waals surface area contributed by atoms with E-state index in [4.69, 9.17) is 0 Å². The Morgan fingerprint density at radius 2 is 1.73 bits per heavy atom. The maximum Gasteiger partial charge on any atom is 0.267 e. The number of hydrogen-bond donors (Lipinski definition) is 0. The molecule has 5 rings (SSSR count). The van der Waals surface area contributed by atoms with E-state index in [0.29, 0.717) is 16.3 Å². The number of likely N-dealkylation sites (tertiary alicyclic amines) is 1. The number of para-hydroxylation sites is 1. The van der Waals surface area contributed by atoms with Crippen LogP contribution in [-0.2, 0) is 4.79 Å². The fourth-order valence-electron chi connectivity index (χ4n) is 4.81. The van der Waals surface area contributed by atoms with Crippen molar-refractivity contribution in [3.8, 4) is 5.69 Å². The fraction of sp³-hybridized carbons (Fsp3) is 0.360. The first-order valence-electron chi connectivity index (χ1n) is 11.4. The number of carbonyl (C=O) groups is 1. The maximum atomic E-state index is 13.4. The average Bonchev–Trinajstić information content (AvgIpc) is 3.23. The molecule has 2 aromatic heterocycles. The zero-order valence-corrected chi connectivity index (χ0v) is 19.9. The van der Waals surface area contributed by atoms with Crippen molar-refractivity contribution in [1.29, 1.82) is 0 Å². The van der Waals surface area contributed by atoms with Crippen molar-refractivity contribution in [2.24, 2.45) is 0 Å². The number of aromatic nitrogens is 4. The van der Waals surface area contributed by atoms with Crippen LogP contribution in [0.25, 0.3) is 22.4 Å². The third-order valence-corrected chi connectivity index (χ3v) is 7.41. The lowest BCUT2D eigenvalue weighted by Gasteiger charge is -2.39. The Morgan fingerprint density at radius 1 is 1.03 bits per heavy atom. The van der Waals surface area contributed by atoms with E-state index in [-0.39, 0.29) is 29.3 Å². The van der Waals surface area contributed by atoms with Crippen LogP contribution in [0.1, 0.15) is 38.7 Å². The van der Waals surface area contributed by atoms with E-state index in [2.05, 4.69) is 24.0 Å². The van der Waals surface area contributed by atoms with Crippen molar-refractivity contribution < 1.29 is 4.79 Å². The van der Waals surface area contributed by atoms with Crippen LogP contribution in [0.2, 0.25) is 0 Å². The summed E-state index contributed by atoms with van der Waals surface area (Å²) < 4.78 is 3.48. The second-order valence-electron chi connectivity index (χ2n) is 8.83. The number of nitrogens with zero attached hydrogens (tertiary/aromatic N) is 5. The van der Waals surface area contributed by atoms with Crippen LogP contribution in [0.3, 0.4) is 0 Å². The average molecular weight is 462 g/mol. The number of fused-ring (bicyclic) bond motifs is 3. The van der Waals surface area contributed by atoms with Crippen molar-refractivity contribution in [2.75, 3.05) is 5.75 Å². The molecule has 0 N–H and O–H groups in total. The Labute approximate surface area is 196 Å². The van der Waals surface area contributed by atoms with Crippen molar-refractivity contribution in [2.45, 2.75) is 57.3 Å². The molecule has 1 aliphatic rings. The summed E-state index contributed by atoms with van der Waals surface area (Å²) in [5, 5.41) is 9.95. The number of rotatable bonds is 4. The molecule has 8 heteroatoms. The van der Waals surface area contributed by atoms with Gasteiger partial charge in [-0.25, -0.2) is 4.57 Å². The summed E-state index contributed by atoms with van der Waals surface area (Å²) in [6.45, 7) is 6.26. The number of piperidine rings is 1. The number of benzene rings is 2. The summed E-state index contributed by atoms with van der Waals surface area (Å²) in [7, 11) is 0. The minimum atomic E-state index is -0.141. The van der Waals surface area contributed by atoms with E-state index in [1.807, 2.05) is 64.8 Å². The van der Waals surface area contributed by atoms with Crippen LogP contribution in [0, 0.1) is 6.92 Å². The van der Waals surface area contributed by atoms with Crippen LogP contribution >= 0.6 is 11.8 Å². The van der Waals surface area contributed by atoms with Gasteiger partial charge < -0.3 is 4.90 Å².